The van der Waals surface area contributed by atoms with Crippen molar-refractivity contribution in [3.05, 3.63) is 46.4 Å². The van der Waals surface area contributed by atoms with E-state index in [-0.39, 0.29) is 5.56 Å². The van der Waals surface area contributed by atoms with Gasteiger partial charge in [-0.3, -0.25) is 19.4 Å². The quantitative estimate of drug-likeness (QED) is 0.794. The van der Waals surface area contributed by atoms with Gasteiger partial charge in [0.05, 0.1) is 11.4 Å². The Morgan fingerprint density at radius 1 is 1.08 bits per heavy atom. The summed E-state index contributed by atoms with van der Waals surface area (Å²) in [4.78, 5) is 20.3. The molecule has 0 spiro atoms. The lowest BCUT2D eigenvalue weighted by Crippen LogP contribution is -2.48. The Labute approximate surface area is 154 Å². The van der Waals surface area contributed by atoms with Gasteiger partial charge in [-0.15, -0.1) is 0 Å². The fraction of sp³-hybridized carbons (Fsp3) is 0.524. The van der Waals surface area contributed by atoms with E-state index in [1.165, 1.54) is 45.2 Å². The zero-order chi connectivity index (χ0) is 18.1. The van der Waals surface area contributed by atoms with E-state index in [4.69, 9.17) is 4.99 Å². The summed E-state index contributed by atoms with van der Waals surface area (Å²) in [6.45, 7) is 4.42. The van der Waals surface area contributed by atoms with Crippen LogP contribution in [-0.4, -0.2) is 39.6 Å². The first-order chi connectivity index (χ1) is 12.7. The summed E-state index contributed by atoms with van der Waals surface area (Å²) in [5.41, 5.74) is 2.32. The summed E-state index contributed by atoms with van der Waals surface area (Å²) in [5.74, 6) is 0.466. The molecule has 0 radical (unpaired) electrons. The molecule has 2 fully saturated rings. The normalized spacial score (nSPS) is 24.1. The van der Waals surface area contributed by atoms with Gasteiger partial charge in [0.2, 0.25) is 0 Å². The molecule has 1 aromatic carbocycles. The van der Waals surface area contributed by atoms with E-state index in [0.717, 1.165) is 11.4 Å². The van der Waals surface area contributed by atoms with Crippen molar-refractivity contribution in [2.45, 2.75) is 45.1 Å². The number of aromatic nitrogens is 2. The van der Waals surface area contributed by atoms with Crippen molar-refractivity contribution < 1.29 is 0 Å². The molecule has 4 rings (SSSR count). The van der Waals surface area contributed by atoms with Gasteiger partial charge in [0.25, 0.3) is 5.56 Å². The van der Waals surface area contributed by atoms with Crippen molar-refractivity contribution in [2.75, 3.05) is 13.1 Å². The molecule has 0 bridgehead atoms. The summed E-state index contributed by atoms with van der Waals surface area (Å²) in [6.07, 6.45) is 8.38. The summed E-state index contributed by atoms with van der Waals surface area (Å²) in [7, 11) is 1.92. The average molecular weight is 352 g/mol. The van der Waals surface area contributed by atoms with Gasteiger partial charge in [0.15, 0.2) is 5.69 Å². The molecule has 0 N–H and O–H groups in total. The second-order valence-electron chi connectivity index (χ2n) is 7.59. The summed E-state index contributed by atoms with van der Waals surface area (Å²) >= 11 is 0. The van der Waals surface area contributed by atoms with Crippen molar-refractivity contribution in [3.63, 3.8) is 0 Å². The summed E-state index contributed by atoms with van der Waals surface area (Å²) in [6, 6.07) is 10.4. The number of hydrogen-bond donors (Lipinski definition) is 0. The van der Waals surface area contributed by atoms with E-state index < -0.39 is 0 Å². The molecule has 138 valence electrons. The molecule has 2 saturated heterocycles. The first-order valence-corrected chi connectivity index (χ1v) is 9.79. The van der Waals surface area contributed by atoms with Crippen molar-refractivity contribution >= 4 is 11.9 Å². The van der Waals surface area contributed by atoms with Crippen LogP contribution in [0, 0.1) is 12.8 Å². The van der Waals surface area contributed by atoms with Crippen LogP contribution in [0.1, 0.15) is 37.8 Å². The van der Waals surface area contributed by atoms with Crippen molar-refractivity contribution in [2.24, 2.45) is 18.0 Å². The first kappa shape index (κ1) is 17.3. The molecule has 0 aliphatic carbocycles. The highest BCUT2D eigenvalue weighted by Crippen LogP contribution is 2.30. The lowest BCUT2D eigenvalue weighted by atomic mass is 9.84. The Balaban J connectivity index is 1.64. The molecule has 5 nitrogen and oxygen atoms in total. The fourth-order valence-electron chi connectivity index (χ4n) is 4.55. The van der Waals surface area contributed by atoms with Gasteiger partial charge in [0, 0.05) is 25.2 Å². The number of nitrogens with zero attached hydrogens (tertiary/aromatic N) is 4. The maximum Gasteiger partial charge on any atom is 0.297 e. The van der Waals surface area contributed by atoms with Crippen molar-refractivity contribution in [1.29, 1.82) is 0 Å². The third-order valence-corrected chi connectivity index (χ3v) is 6.06. The Morgan fingerprint density at radius 2 is 1.85 bits per heavy atom. The van der Waals surface area contributed by atoms with Crippen LogP contribution in [0.2, 0.25) is 0 Å². The lowest BCUT2D eigenvalue weighted by molar-refractivity contribution is 0.0870. The predicted molar refractivity (Wildman–Crippen MR) is 106 cm³/mol. The molecule has 5 heteroatoms. The van der Waals surface area contributed by atoms with Gasteiger partial charge in [-0.05, 0) is 57.8 Å². The molecule has 0 unspecified atom stereocenters. The average Bonchev–Trinajstić information content (AvgIpc) is 2.89. The highest BCUT2D eigenvalue weighted by molar-refractivity contribution is 5.67. The Kier molecular flexibility index (Phi) is 4.81. The fourth-order valence-corrected chi connectivity index (χ4v) is 4.55. The number of benzene rings is 1. The second kappa shape index (κ2) is 7.23. The topological polar surface area (TPSA) is 42.5 Å². The summed E-state index contributed by atoms with van der Waals surface area (Å²) < 4.78 is 3.61. The van der Waals surface area contributed by atoms with Gasteiger partial charge in [-0.2, -0.15) is 0 Å². The molecular weight excluding hydrogens is 324 g/mol. The molecule has 0 saturated carbocycles. The monoisotopic (exact) mass is 352 g/mol. The number of hydrogen-bond acceptors (Lipinski definition) is 3. The number of fused-ring (bicyclic) bond motifs is 1. The molecule has 2 aromatic rings. The SMILES string of the molecule is Cc1c(N=C[C@H]2CCCN3CCCC[C@@H]23)c(=O)n(-c2ccccc2)n1C. The van der Waals surface area contributed by atoms with Gasteiger partial charge in [-0.1, -0.05) is 24.6 Å². The zero-order valence-electron chi connectivity index (χ0n) is 15.8. The Bertz CT molecular complexity index is 847. The molecule has 26 heavy (non-hydrogen) atoms. The van der Waals surface area contributed by atoms with E-state index in [2.05, 4.69) is 11.1 Å². The van der Waals surface area contributed by atoms with Gasteiger partial charge in [0.1, 0.15) is 0 Å². The summed E-state index contributed by atoms with van der Waals surface area (Å²) in [5, 5.41) is 0. The van der Waals surface area contributed by atoms with E-state index in [1.54, 1.807) is 4.68 Å². The van der Waals surface area contributed by atoms with Crippen LogP contribution in [-0.2, 0) is 7.05 Å². The van der Waals surface area contributed by atoms with Crippen LogP contribution in [0.25, 0.3) is 5.69 Å². The highest BCUT2D eigenvalue weighted by Gasteiger charge is 2.32. The van der Waals surface area contributed by atoms with Crippen LogP contribution < -0.4 is 5.56 Å². The standard InChI is InChI=1S/C21H28N4O/c1-16-20(21(26)25(23(16)2)18-10-4-3-5-11-18)22-15-17-9-8-14-24-13-7-6-12-19(17)24/h3-5,10-11,15,17,19H,6-9,12-14H2,1-2H3/t17-,19+/m1/s1. The number of piperidine rings is 2. The molecule has 0 amide bonds. The maximum absolute atomic E-state index is 13.0. The number of rotatable bonds is 3. The largest absolute Gasteiger partial charge is 0.300 e. The number of aliphatic imine (C=N–C) groups is 1. The van der Waals surface area contributed by atoms with Crippen LogP contribution in [0.4, 0.5) is 5.69 Å². The van der Waals surface area contributed by atoms with Gasteiger partial charge < -0.3 is 0 Å². The van der Waals surface area contributed by atoms with Crippen LogP contribution in [0.15, 0.2) is 40.1 Å². The van der Waals surface area contributed by atoms with Gasteiger partial charge in [-0.25, -0.2) is 4.68 Å². The van der Waals surface area contributed by atoms with E-state index in [9.17, 15) is 4.79 Å². The minimum Gasteiger partial charge on any atom is -0.300 e. The number of para-hydroxylation sites is 1. The third-order valence-electron chi connectivity index (χ3n) is 6.06. The van der Waals surface area contributed by atoms with Gasteiger partial charge >= 0.3 is 0 Å². The molecule has 2 aliphatic heterocycles. The molecule has 1 aromatic heterocycles. The smallest absolute Gasteiger partial charge is 0.297 e. The van der Waals surface area contributed by atoms with E-state index >= 15 is 0 Å². The first-order valence-electron chi connectivity index (χ1n) is 9.79. The zero-order valence-corrected chi connectivity index (χ0v) is 15.8. The maximum atomic E-state index is 13.0. The van der Waals surface area contributed by atoms with Crippen molar-refractivity contribution in [3.8, 4) is 5.69 Å². The van der Waals surface area contributed by atoms with E-state index in [1.807, 2.05) is 49.0 Å². The molecule has 3 heterocycles. The molecule has 2 aliphatic rings. The highest BCUT2D eigenvalue weighted by atomic mass is 16.1. The third kappa shape index (κ3) is 3.05. The molecule has 2 atom stereocenters. The Hall–Kier alpha value is -2.14. The van der Waals surface area contributed by atoms with Crippen LogP contribution >= 0.6 is 0 Å². The van der Waals surface area contributed by atoms with Crippen LogP contribution in [0.3, 0.4) is 0 Å². The Morgan fingerprint density at radius 3 is 2.65 bits per heavy atom. The van der Waals surface area contributed by atoms with Crippen LogP contribution in [0.5, 0.6) is 0 Å². The predicted octanol–water partition coefficient (Wildman–Crippen LogP) is 3.45. The van der Waals surface area contributed by atoms with Crippen molar-refractivity contribution in [1.82, 2.24) is 14.3 Å². The van der Waals surface area contributed by atoms with E-state index in [0.29, 0.717) is 17.6 Å². The lowest BCUT2D eigenvalue weighted by Gasteiger charge is -2.43. The minimum absolute atomic E-state index is 0.0382. The molecular formula is C21H28N4O. The second-order valence-corrected chi connectivity index (χ2v) is 7.59. The minimum atomic E-state index is -0.0382.